The molecule has 0 saturated carbocycles. The van der Waals surface area contributed by atoms with Gasteiger partial charge in [0.2, 0.25) is 0 Å². The Morgan fingerprint density at radius 3 is 2.58 bits per heavy atom. The fourth-order valence-electron chi connectivity index (χ4n) is 1.56. The predicted molar refractivity (Wildman–Crippen MR) is 81.3 cm³/mol. The van der Waals surface area contributed by atoms with Gasteiger partial charge < -0.3 is 5.11 Å². The minimum Gasteiger partial charge on any atom is -0.480 e. The van der Waals surface area contributed by atoms with E-state index in [2.05, 4.69) is 15.5 Å². The topological polar surface area (TPSA) is 75.1 Å². The van der Waals surface area contributed by atoms with Crippen LogP contribution in [0.3, 0.4) is 0 Å². The summed E-state index contributed by atoms with van der Waals surface area (Å²) in [6, 6.07) is 0.135. The lowest BCUT2D eigenvalue weighted by Gasteiger charge is -2.28. The second-order valence-corrected chi connectivity index (χ2v) is 7.95. The Morgan fingerprint density at radius 2 is 2.11 bits per heavy atom. The first-order chi connectivity index (χ1) is 8.87. The summed E-state index contributed by atoms with van der Waals surface area (Å²) in [6.07, 6.45) is 2.50. The standard InChI is InChI=1S/C11H19N3O2S3/c1-7(2)12-11(3,8(15)16)5-6-18-10-14-13-9(17-4)19-10/h7,12H,5-6H2,1-4H3,(H,15,16). The molecule has 0 spiro atoms. The van der Waals surface area contributed by atoms with Gasteiger partial charge in [-0.2, -0.15) is 0 Å². The average molecular weight is 321 g/mol. The van der Waals surface area contributed by atoms with Crippen LogP contribution in [0.2, 0.25) is 0 Å². The van der Waals surface area contributed by atoms with Crippen LogP contribution in [0.15, 0.2) is 8.68 Å². The second-order valence-electron chi connectivity index (χ2n) is 4.57. The Labute approximate surface area is 126 Å². The minimum atomic E-state index is -0.895. The number of carboxylic acids is 1. The largest absolute Gasteiger partial charge is 0.480 e. The number of nitrogens with one attached hydrogen (secondary N) is 1. The lowest BCUT2D eigenvalue weighted by Crippen LogP contribution is -2.52. The maximum atomic E-state index is 11.3. The number of rotatable bonds is 8. The molecule has 1 rings (SSSR count). The van der Waals surface area contributed by atoms with E-state index in [1.807, 2.05) is 20.1 Å². The van der Waals surface area contributed by atoms with Crippen molar-refractivity contribution in [1.82, 2.24) is 15.5 Å². The third-order valence-corrected chi connectivity index (χ3v) is 5.50. The molecule has 108 valence electrons. The highest BCUT2D eigenvalue weighted by atomic mass is 32.2. The summed E-state index contributed by atoms with van der Waals surface area (Å²) < 4.78 is 1.82. The smallest absolute Gasteiger partial charge is 0.323 e. The molecular weight excluding hydrogens is 302 g/mol. The van der Waals surface area contributed by atoms with Crippen molar-refractivity contribution in [1.29, 1.82) is 0 Å². The molecule has 0 fully saturated rings. The van der Waals surface area contributed by atoms with Gasteiger partial charge in [-0.05, 0) is 33.4 Å². The van der Waals surface area contributed by atoms with Crippen LogP contribution in [-0.2, 0) is 4.79 Å². The normalized spacial score (nSPS) is 14.6. The van der Waals surface area contributed by atoms with Crippen LogP contribution in [0.4, 0.5) is 0 Å². The highest BCUT2D eigenvalue weighted by molar-refractivity contribution is 8.02. The monoisotopic (exact) mass is 321 g/mol. The quantitative estimate of drug-likeness (QED) is 0.713. The van der Waals surface area contributed by atoms with Crippen LogP contribution >= 0.6 is 34.9 Å². The highest BCUT2D eigenvalue weighted by Gasteiger charge is 2.33. The van der Waals surface area contributed by atoms with E-state index in [0.717, 1.165) is 8.68 Å². The molecule has 0 aromatic carbocycles. The maximum Gasteiger partial charge on any atom is 0.323 e. The van der Waals surface area contributed by atoms with Crippen molar-refractivity contribution in [2.24, 2.45) is 0 Å². The van der Waals surface area contributed by atoms with Crippen molar-refractivity contribution in [2.45, 2.75) is 47.5 Å². The molecule has 5 nitrogen and oxygen atoms in total. The van der Waals surface area contributed by atoms with E-state index in [9.17, 15) is 9.90 Å². The van der Waals surface area contributed by atoms with Crippen molar-refractivity contribution in [3.63, 3.8) is 0 Å². The third kappa shape index (κ3) is 5.29. The predicted octanol–water partition coefficient (Wildman–Crippen LogP) is 2.58. The number of hydrogen-bond acceptors (Lipinski definition) is 7. The second kappa shape index (κ2) is 7.47. The zero-order valence-electron chi connectivity index (χ0n) is 11.5. The molecule has 0 bridgehead atoms. The van der Waals surface area contributed by atoms with Crippen LogP contribution in [0, 0.1) is 0 Å². The zero-order chi connectivity index (χ0) is 14.5. The summed E-state index contributed by atoms with van der Waals surface area (Å²) in [5, 5.41) is 20.5. The van der Waals surface area contributed by atoms with Crippen molar-refractivity contribution in [3.8, 4) is 0 Å². The number of hydrogen-bond donors (Lipinski definition) is 2. The molecule has 1 aromatic heterocycles. The molecule has 1 heterocycles. The molecule has 0 radical (unpaired) electrons. The number of aliphatic carboxylic acids is 1. The summed E-state index contributed by atoms with van der Waals surface area (Å²) >= 11 is 4.66. The zero-order valence-corrected chi connectivity index (χ0v) is 13.9. The summed E-state index contributed by atoms with van der Waals surface area (Å²) in [5.74, 6) is -0.116. The van der Waals surface area contributed by atoms with Gasteiger partial charge in [0.1, 0.15) is 5.54 Å². The SMILES string of the molecule is CSc1nnc(SCCC(C)(NC(C)C)C(=O)O)s1. The Morgan fingerprint density at radius 1 is 1.47 bits per heavy atom. The molecule has 1 unspecified atom stereocenters. The molecule has 0 aliphatic carbocycles. The van der Waals surface area contributed by atoms with Crippen molar-refractivity contribution in [3.05, 3.63) is 0 Å². The fourth-order valence-corrected chi connectivity index (χ4v) is 4.23. The minimum absolute atomic E-state index is 0.135. The molecule has 19 heavy (non-hydrogen) atoms. The number of aromatic nitrogens is 2. The number of carboxylic acid groups (broad SMARTS) is 1. The summed E-state index contributed by atoms with van der Waals surface area (Å²) in [4.78, 5) is 11.3. The van der Waals surface area contributed by atoms with Gasteiger partial charge in [-0.3, -0.25) is 10.1 Å². The van der Waals surface area contributed by atoms with Crippen molar-refractivity contribution >= 4 is 40.8 Å². The van der Waals surface area contributed by atoms with Crippen LogP contribution in [-0.4, -0.2) is 44.9 Å². The molecule has 0 amide bonds. The van der Waals surface area contributed by atoms with Gasteiger partial charge in [0, 0.05) is 11.8 Å². The fraction of sp³-hybridized carbons (Fsp3) is 0.727. The van der Waals surface area contributed by atoms with Gasteiger partial charge in [0.25, 0.3) is 0 Å². The third-order valence-electron chi connectivity index (χ3n) is 2.47. The summed E-state index contributed by atoms with van der Waals surface area (Å²) in [7, 11) is 0. The Kier molecular flexibility index (Phi) is 6.58. The van der Waals surface area contributed by atoms with Gasteiger partial charge in [-0.1, -0.05) is 34.9 Å². The molecule has 2 N–H and O–H groups in total. The summed E-state index contributed by atoms with van der Waals surface area (Å²) in [5.41, 5.74) is -0.895. The van der Waals surface area contributed by atoms with E-state index in [1.54, 1.807) is 41.8 Å². The van der Waals surface area contributed by atoms with Crippen LogP contribution in [0.5, 0.6) is 0 Å². The van der Waals surface area contributed by atoms with Crippen LogP contribution in [0.25, 0.3) is 0 Å². The first-order valence-corrected chi connectivity index (χ1v) is 8.91. The van der Waals surface area contributed by atoms with E-state index in [1.165, 1.54) is 0 Å². The molecule has 0 saturated heterocycles. The summed E-state index contributed by atoms with van der Waals surface area (Å²) in [6.45, 7) is 5.62. The van der Waals surface area contributed by atoms with Gasteiger partial charge in [-0.15, -0.1) is 10.2 Å². The molecule has 1 atom stereocenters. The average Bonchev–Trinajstić information content (AvgIpc) is 2.75. The van der Waals surface area contributed by atoms with Gasteiger partial charge in [-0.25, -0.2) is 0 Å². The van der Waals surface area contributed by atoms with E-state index >= 15 is 0 Å². The Balaban J connectivity index is 2.50. The van der Waals surface area contributed by atoms with Gasteiger partial charge in [0.15, 0.2) is 8.68 Å². The van der Waals surface area contributed by atoms with Crippen molar-refractivity contribution < 1.29 is 9.90 Å². The number of nitrogens with zero attached hydrogens (tertiary/aromatic N) is 2. The van der Waals surface area contributed by atoms with Gasteiger partial charge >= 0.3 is 5.97 Å². The number of carbonyl (C=O) groups is 1. The Bertz CT molecular complexity index is 425. The molecular formula is C11H19N3O2S3. The maximum absolute atomic E-state index is 11.3. The molecule has 0 aliphatic rings. The highest BCUT2D eigenvalue weighted by Crippen LogP contribution is 2.29. The number of thioether (sulfide) groups is 2. The van der Waals surface area contributed by atoms with Crippen LogP contribution in [0.1, 0.15) is 27.2 Å². The van der Waals surface area contributed by atoms with Crippen molar-refractivity contribution in [2.75, 3.05) is 12.0 Å². The van der Waals surface area contributed by atoms with Gasteiger partial charge in [0.05, 0.1) is 0 Å². The van der Waals surface area contributed by atoms with E-state index in [4.69, 9.17) is 0 Å². The molecule has 1 aromatic rings. The van der Waals surface area contributed by atoms with Crippen LogP contribution < -0.4 is 5.32 Å². The first kappa shape index (κ1) is 16.7. The molecule has 8 heteroatoms. The Hall–Kier alpha value is -0.310. The molecule has 0 aliphatic heterocycles. The van der Waals surface area contributed by atoms with E-state index < -0.39 is 11.5 Å². The lowest BCUT2D eigenvalue weighted by atomic mass is 9.98. The van der Waals surface area contributed by atoms with E-state index in [-0.39, 0.29) is 6.04 Å². The lowest BCUT2D eigenvalue weighted by molar-refractivity contribution is -0.144. The first-order valence-electron chi connectivity index (χ1n) is 5.89. The van der Waals surface area contributed by atoms with E-state index in [0.29, 0.717) is 12.2 Å².